The highest BCUT2D eigenvalue weighted by Crippen LogP contribution is 2.22. The molecule has 0 radical (unpaired) electrons. The predicted molar refractivity (Wildman–Crippen MR) is 167 cm³/mol. The summed E-state index contributed by atoms with van der Waals surface area (Å²) in [6, 6.07) is 11.9. The minimum absolute atomic E-state index is 0.0168. The number of benzene rings is 1. The number of nitrogens with one attached hydrogen (secondary N) is 1. The maximum atomic E-state index is 13.7. The molecule has 12 heteroatoms. The number of aliphatic hydroxyl groups is 1. The lowest BCUT2D eigenvalue weighted by Gasteiger charge is -2.35. The van der Waals surface area contributed by atoms with E-state index in [-0.39, 0.29) is 57.2 Å². The SMILES string of the molecule is CCOC(=O)ON1CCN(C(=O)[C@H](CCC(=O)OC(C)(C)C)NC(=O)c2cc(CCC(C)(C)O)cc(-c3ccccc3)n2)CC1. The highest BCUT2D eigenvalue weighted by Gasteiger charge is 2.31. The van der Waals surface area contributed by atoms with Gasteiger partial charge in [0.2, 0.25) is 5.91 Å². The van der Waals surface area contributed by atoms with E-state index in [1.54, 1.807) is 52.5 Å². The van der Waals surface area contributed by atoms with E-state index < -0.39 is 35.3 Å². The van der Waals surface area contributed by atoms with Crippen molar-refractivity contribution in [1.82, 2.24) is 20.3 Å². The molecule has 0 bridgehead atoms. The number of piperazine rings is 1. The normalized spacial score (nSPS) is 14.8. The lowest BCUT2D eigenvalue weighted by atomic mass is 9.97. The van der Waals surface area contributed by atoms with Gasteiger partial charge in [-0.05, 0) is 78.5 Å². The second-order valence-corrected chi connectivity index (χ2v) is 12.6. The van der Waals surface area contributed by atoms with Gasteiger partial charge in [0.05, 0.1) is 31.0 Å². The van der Waals surface area contributed by atoms with E-state index in [0.717, 1.165) is 11.1 Å². The van der Waals surface area contributed by atoms with E-state index in [1.165, 1.54) is 5.06 Å². The van der Waals surface area contributed by atoms with Crippen LogP contribution in [0.3, 0.4) is 0 Å². The third-order valence-electron chi connectivity index (χ3n) is 6.89. The maximum Gasteiger partial charge on any atom is 0.527 e. The molecule has 1 aromatic heterocycles. The molecule has 1 saturated heterocycles. The Labute approximate surface area is 265 Å². The maximum absolute atomic E-state index is 13.7. The third-order valence-corrected chi connectivity index (χ3v) is 6.89. The summed E-state index contributed by atoms with van der Waals surface area (Å²) in [5, 5.41) is 14.5. The van der Waals surface area contributed by atoms with Gasteiger partial charge in [-0.3, -0.25) is 14.4 Å². The molecular formula is C33H46N4O8. The van der Waals surface area contributed by atoms with Gasteiger partial charge in [-0.1, -0.05) is 30.3 Å². The van der Waals surface area contributed by atoms with Crippen molar-refractivity contribution in [3.8, 4) is 11.3 Å². The van der Waals surface area contributed by atoms with Crippen molar-refractivity contribution < 1.29 is 38.6 Å². The fourth-order valence-corrected chi connectivity index (χ4v) is 4.67. The van der Waals surface area contributed by atoms with Crippen molar-refractivity contribution in [2.75, 3.05) is 32.8 Å². The molecule has 0 spiro atoms. The average molecular weight is 627 g/mol. The van der Waals surface area contributed by atoms with Gasteiger partial charge in [-0.15, -0.1) is 5.06 Å². The van der Waals surface area contributed by atoms with Gasteiger partial charge < -0.3 is 29.6 Å². The van der Waals surface area contributed by atoms with Crippen molar-refractivity contribution >= 4 is 23.9 Å². The quantitative estimate of drug-likeness (QED) is 0.333. The van der Waals surface area contributed by atoms with E-state index in [9.17, 15) is 24.3 Å². The van der Waals surface area contributed by atoms with Gasteiger partial charge in [0.15, 0.2) is 0 Å². The fraction of sp³-hybridized carbons (Fsp3) is 0.545. The van der Waals surface area contributed by atoms with Gasteiger partial charge in [0.25, 0.3) is 5.91 Å². The van der Waals surface area contributed by atoms with E-state index in [4.69, 9.17) is 14.3 Å². The topological polar surface area (TPSA) is 148 Å². The number of hydrogen-bond acceptors (Lipinski definition) is 10. The average Bonchev–Trinajstić information content (AvgIpc) is 2.97. The molecule has 1 aliphatic rings. The number of pyridine rings is 1. The Morgan fingerprint density at radius 2 is 1.67 bits per heavy atom. The van der Waals surface area contributed by atoms with E-state index in [2.05, 4.69) is 10.3 Å². The third kappa shape index (κ3) is 12.1. The molecule has 2 heterocycles. The first-order valence-electron chi connectivity index (χ1n) is 15.3. The molecule has 2 aromatic rings. The summed E-state index contributed by atoms with van der Waals surface area (Å²) in [4.78, 5) is 63.0. The zero-order valence-corrected chi connectivity index (χ0v) is 27.1. The minimum atomic E-state index is -1.04. The molecular weight excluding hydrogens is 580 g/mol. The predicted octanol–water partition coefficient (Wildman–Crippen LogP) is 3.90. The van der Waals surface area contributed by atoms with Gasteiger partial charge in [-0.25, -0.2) is 9.78 Å². The van der Waals surface area contributed by atoms with Crippen LogP contribution in [-0.2, 0) is 30.3 Å². The Morgan fingerprint density at radius 3 is 2.27 bits per heavy atom. The number of rotatable bonds is 12. The Balaban J connectivity index is 1.82. The number of ether oxygens (including phenoxy) is 2. The van der Waals surface area contributed by atoms with Gasteiger partial charge in [-0.2, -0.15) is 0 Å². The molecule has 3 rings (SSSR count). The first-order chi connectivity index (χ1) is 21.1. The Hall–Kier alpha value is -4.03. The molecule has 0 aliphatic carbocycles. The van der Waals surface area contributed by atoms with Crippen LogP contribution in [0, 0.1) is 0 Å². The zero-order valence-electron chi connectivity index (χ0n) is 27.1. The summed E-state index contributed by atoms with van der Waals surface area (Å²) in [7, 11) is 0. The van der Waals surface area contributed by atoms with E-state index >= 15 is 0 Å². The minimum Gasteiger partial charge on any atom is -0.460 e. The highest BCUT2D eigenvalue weighted by atomic mass is 16.8. The number of hydroxylamine groups is 2. The van der Waals surface area contributed by atoms with Crippen LogP contribution >= 0.6 is 0 Å². The van der Waals surface area contributed by atoms with E-state index in [0.29, 0.717) is 18.5 Å². The number of carbonyl (C=O) groups is 4. The Kier molecular flexibility index (Phi) is 12.5. The van der Waals surface area contributed by atoms with Crippen LogP contribution in [0.15, 0.2) is 42.5 Å². The van der Waals surface area contributed by atoms with Crippen LogP contribution in [-0.4, -0.2) is 94.0 Å². The summed E-state index contributed by atoms with van der Waals surface area (Å²) in [5.41, 5.74) is 0.732. The van der Waals surface area contributed by atoms with Crippen molar-refractivity contribution in [2.45, 2.75) is 84.5 Å². The molecule has 1 aliphatic heterocycles. The van der Waals surface area contributed by atoms with Crippen LogP contribution in [0.1, 0.15) is 76.9 Å². The molecule has 2 amide bonds. The molecule has 45 heavy (non-hydrogen) atoms. The fourth-order valence-electron chi connectivity index (χ4n) is 4.67. The Morgan fingerprint density at radius 1 is 1.00 bits per heavy atom. The molecule has 0 saturated carbocycles. The zero-order chi connectivity index (χ0) is 33.2. The molecule has 246 valence electrons. The second-order valence-electron chi connectivity index (χ2n) is 12.6. The summed E-state index contributed by atoms with van der Waals surface area (Å²) < 4.78 is 10.2. The van der Waals surface area contributed by atoms with Crippen molar-refractivity contribution in [3.05, 3.63) is 53.7 Å². The first kappa shape index (κ1) is 35.4. The molecule has 1 fully saturated rings. The van der Waals surface area contributed by atoms with Crippen LogP contribution in [0.5, 0.6) is 0 Å². The number of nitrogens with zero attached hydrogens (tertiary/aromatic N) is 3. The number of amides is 2. The molecule has 1 aromatic carbocycles. The van der Waals surface area contributed by atoms with Crippen LogP contribution < -0.4 is 5.32 Å². The molecule has 2 N–H and O–H groups in total. The van der Waals surface area contributed by atoms with E-state index in [1.807, 2.05) is 36.4 Å². The number of aromatic nitrogens is 1. The van der Waals surface area contributed by atoms with Crippen LogP contribution in [0.25, 0.3) is 11.3 Å². The monoisotopic (exact) mass is 626 g/mol. The second kappa shape index (κ2) is 15.8. The van der Waals surface area contributed by atoms with Gasteiger partial charge in [0, 0.05) is 25.1 Å². The molecule has 1 atom stereocenters. The van der Waals surface area contributed by atoms with Gasteiger partial charge >= 0.3 is 12.1 Å². The largest absolute Gasteiger partial charge is 0.527 e. The summed E-state index contributed by atoms with van der Waals surface area (Å²) in [6.45, 7) is 11.6. The number of carbonyl (C=O) groups excluding carboxylic acids is 4. The molecule has 0 unspecified atom stereocenters. The highest BCUT2D eigenvalue weighted by molar-refractivity contribution is 5.97. The van der Waals surface area contributed by atoms with Crippen molar-refractivity contribution in [1.29, 1.82) is 0 Å². The lowest BCUT2D eigenvalue weighted by Crippen LogP contribution is -2.55. The lowest BCUT2D eigenvalue weighted by molar-refractivity contribution is -0.158. The Bertz CT molecular complexity index is 1310. The smallest absolute Gasteiger partial charge is 0.460 e. The van der Waals surface area contributed by atoms with Crippen LogP contribution in [0.4, 0.5) is 4.79 Å². The van der Waals surface area contributed by atoms with Gasteiger partial charge in [0.1, 0.15) is 17.3 Å². The van der Waals surface area contributed by atoms with Crippen molar-refractivity contribution in [2.24, 2.45) is 0 Å². The molecule has 12 nitrogen and oxygen atoms in total. The summed E-state index contributed by atoms with van der Waals surface area (Å²) in [5.74, 6) is -1.42. The standard InChI is InChI=1S/C33H46N4O8/c1-7-43-31(41)45-37-19-17-36(18-20-37)30(40)25(13-14-28(38)44-32(2,3)4)35-29(39)27-22-23(15-16-33(5,6)42)21-26(34-27)24-11-9-8-10-12-24/h8-12,21-22,25,42H,7,13-20H2,1-6H3,(H,35,39)/t25-/m0/s1. The summed E-state index contributed by atoms with van der Waals surface area (Å²) in [6.07, 6.45) is 0.0874. The van der Waals surface area contributed by atoms with Crippen molar-refractivity contribution in [3.63, 3.8) is 0 Å². The number of aryl methyl sites for hydroxylation is 1. The van der Waals surface area contributed by atoms with Crippen LogP contribution in [0.2, 0.25) is 0 Å². The number of hydrogen-bond donors (Lipinski definition) is 2. The summed E-state index contributed by atoms with van der Waals surface area (Å²) >= 11 is 0. The number of esters is 1. The first-order valence-corrected chi connectivity index (χ1v) is 15.3.